The summed E-state index contributed by atoms with van der Waals surface area (Å²) in [5, 5.41) is 11.4. The minimum Gasteiger partial charge on any atom is -0.382 e. The van der Waals surface area contributed by atoms with E-state index in [9.17, 15) is 0 Å². The summed E-state index contributed by atoms with van der Waals surface area (Å²) >= 11 is 0. The molecule has 2 aliphatic rings. The van der Waals surface area contributed by atoms with Gasteiger partial charge < -0.3 is 10.1 Å². The zero-order chi connectivity index (χ0) is 15.8. The van der Waals surface area contributed by atoms with Crippen molar-refractivity contribution < 1.29 is 4.74 Å². The van der Waals surface area contributed by atoms with Crippen molar-refractivity contribution >= 4 is 5.69 Å². The van der Waals surface area contributed by atoms with Crippen LogP contribution >= 0.6 is 0 Å². The molecule has 122 valence electrons. The van der Waals surface area contributed by atoms with Crippen LogP contribution in [0.15, 0.2) is 24.3 Å². The van der Waals surface area contributed by atoms with Gasteiger partial charge in [-0.3, -0.25) is 5.10 Å². The number of hydrogen-bond acceptors (Lipinski definition) is 3. The van der Waals surface area contributed by atoms with Crippen molar-refractivity contribution in [1.29, 1.82) is 0 Å². The van der Waals surface area contributed by atoms with E-state index < -0.39 is 0 Å². The second kappa shape index (κ2) is 6.00. The van der Waals surface area contributed by atoms with E-state index in [0.717, 1.165) is 30.6 Å². The smallest absolute Gasteiger partial charge is 0.0979 e. The molecule has 4 rings (SSSR count). The van der Waals surface area contributed by atoms with Gasteiger partial charge in [0.15, 0.2) is 0 Å². The van der Waals surface area contributed by atoms with Crippen molar-refractivity contribution in [3.63, 3.8) is 0 Å². The van der Waals surface area contributed by atoms with Crippen LogP contribution < -0.4 is 5.32 Å². The summed E-state index contributed by atoms with van der Waals surface area (Å²) in [6.07, 6.45) is 3.55. The number of rotatable bonds is 4. The van der Waals surface area contributed by atoms with E-state index in [1.807, 2.05) is 0 Å². The molecule has 4 nitrogen and oxygen atoms in total. The Bertz CT molecular complexity index is 692. The Labute approximate surface area is 137 Å². The van der Waals surface area contributed by atoms with Gasteiger partial charge in [-0.05, 0) is 36.8 Å². The van der Waals surface area contributed by atoms with E-state index in [2.05, 4.69) is 53.6 Å². The first-order valence-corrected chi connectivity index (χ1v) is 8.73. The first kappa shape index (κ1) is 14.8. The van der Waals surface area contributed by atoms with Crippen LogP contribution in [0, 0.1) is 11.8 Å². The fraction of sp³-hybridized carbons (Fsp3) is 0.526. The maximum atomic E-state index is 5.60. The lowest BCUT2D eigenvalue weighted by Crippen LogP contribution is -2.41. The molecule has 4 heteroatoms. The van der Waals surface area contributed by atoms with Gasteiger partial charge in [0.2, 0.25) is 0 Å². The number of H-pyrrole nitrogens is 1. The molecule has 1 saturated carbocycles. The second-order valence-electron chi connectivity index (χ2n) is 7.15. The van der Waals surface area contributed by atoms with Gasteiger partial charge in [0.05, 0.1) is 18.9 Å². The molecule has 0 radical (unpaired) electrons. The molecule has 2 N–H and O–H groups in total. The topological polar surface area (TPSA) is 49.9 Å². The Morgan fingerprint density at radius 3 is 3.00 bits per heavy atom. The summed E-state index contributed by atoms with van der Waals surface area (Å²) in [6, 6.07) is 9.25. The quantitative estimate of drug-likeness (QED) is 0.897. The number of fused-ring (bicyclic) bond motifs is 1. The van der Waals surface area contributed by atoms with Crippen molar-refractivity contribution in [2.24, 2.45) is 11.8 Å². The second-order valence-corrected chi connectivity index (χ2v) is 7.15. The van der Waals surface area contributed by atoms with Gasteiger partial charge in [0.1, 0.15) is 0 Å². The summed E-state index contributed by atoms with van der Waals surface area (Å²) < 4.78 is 5.60. The molecule has 2 aromatic rings. The van der Waals surface area contributed by atoms with Gasteiger partial charge in [-0.2, -0.15) is 5.10 Å². The number of ether oxygens (including phenoxy) is 1. The Kier molecular flexibility index (Phi) is 3.85. The number of aromatic amines is 1. The number of nitrogens with one attached hydrogen (secondary N) is 2. The summed E-state index contributed by atoms with van der Waals surface area (Å²) in [4.78, 5) is 0. The van der Waals surface area contributed by atoms with Crippen LogP contribution in [0.25, 0.3) is 11.3 Å². The zero-order valence-corrected chi connectivity index (χ0v) is 13.9. The van der Waals surface area contributed by atoms with E-state index in [1.165, 1.54) is 35.3 Å². The van der Waals surface area contributed by atoms with E-state index >= 15 is 0 Å². The van der Waals surface area contributed by atoms with Crippen LogP contribution in [-0.4, -0.2) is 22.8 Å². The van der Waals surface area contributed by atoms with E-state index in [4.69, 9.17) is 4.74 Å². The number of nitrogens with zero attached hydrogens (tertiary/aromatic N) is 1. The SMILES string of the molecule is CC(C)C1CCC1Nc1cccc(-c2n[nH]c3c2COCC3)c1. The lowest BCUT2D eigenvalue weighted by Gasteiger charge is -2.40. The van der Waals surface area contributed by atoms with Crippen LogP contribution in [0.5, 0.6) is 0 Å². The van der Waals surface area contributed by atoms with Gasteiger partial charge >= 0.3 is 0 Å². The zero-order valence-electron chi connectivity index (χ0n) is 13.9. The molecule has 2 heterocycles. The Hall–Kier alpha value is -1.81. The number of benzene rings is 1. The minimum atomic E-state index is 0.613. The van der Waals surface area contributed by atoms with Crippen molar-refractivity contribution in [3.05, 3.63) is 35.5 Å². The standard InChI is InChI=1S/C19H25N3O/c1-12(2)15-6-7-17(15)20-14-5-3-4-13(10-14)19-16-11-23-9-8-18(16)21-22-19/h3-5,10,12,15,17,20H,6-9,11H2,1-2H3,(H,21,22). The highest BCUT2D eigenvalue weighted by atomic mass is 16.5. The Morgan fingerprint density at radius 1 is 1.30 bits per heavy atom. The third-order valence-electron chi connectivity index (χ3n) is 5.37. The van der Waals surface area contributed by atoms with Crippen molar-refractivity contribution in [1.82, 2.24) is 10.2 Å². The average molecular weight is 311 g/mol. The molecule has 2 unspecified atom stereocenters. The largest absolute Gasteiger partial charge is 0.382 e. The van der Waals surface area contributed by atoms with Crippen LogP contribution in [0.4, 0.5) is 5.69 Å². The van der Waals surface area contributed by atoms with E-state index in [-0.39, 0.29) is 0 Å². The third kappa shape index (κ3) is 2.76. The Morgan fingerprint density at radius 2 is 2.22 bits per heavy atom. The summed E-state index contributed by atoms with van der Waals surface area (Å²) in [5.41, 5.74) is 5.85. The fourth-order valence-electron chi connectivity index (χ4n) is 3.82. The van der Waals surface area contributed by atoms with Crippen molar-refractivity contribution in [2.75, 3.05) is 11.9 Å². The van der Waals surface area contributed by atoms with Gasteiger partial charge in [0, 0.05) is 35.0 Å². The lowest BCUT2D eigenvalue weighted by atomic mass is 9.73. The van der Waals surface area contributed by atoms with Gasteiger partial charge in [-0.15, -0.1) is 0 Å². The van der Waals surface area contributed by atoms with Crippen molar-refractivity contribution in [3.8, 4) is 11.3 Å². The molecule has 0 saturated heterocycles. The predicted octanol–water partition coefficient (Wildman–Crippen LogP) is 4.00. The molecular formula is C19H25N3O. The van der Waals surface area contributed by atoms with Crippen LogP contribution in [-0.2, 0) is 17.8 Å². The summed E-state index contributed by atoms with van der Waals surface area (Å²) in [6.45, 7) is 6.10. The number of hydrogen-bond donors (Lipinski definition) is 2. The number of aromatic nitrogens is 2. The highest BCUT2D eigenvalue weighted by Crippen LogP contribution is 2.36. The third-order valence-corrected chi connectivity index (χ3v) is 5.37. The first-order chi connectivity index (χ1) is 11.2. The highest BCUT2D eigenvalue weighted by Gasteiger charge is 2.32. The molecule has 1 aliphatic carbocycles. The summed E-state index contributed by atoms with van der Waals surface area (Å²) in [5.74, 6) is 1.55. The normalized spacial score (nSPS) is 23.4. The molecule has 2 atom stereocenters. The van der Waals surface area contributed by atoms with E-state index in [0.29, 0.717) is 12.6 Å². The van der Waals surface area contributed by atoms with E-state index in [1.54, 1.807) is 0 Å². The monoisotopic (exact) mass is 311 g/mol. The molecule has 0 bridgehead atoms. The Balaban J connectivity index is 1.56. The van der Waals surface area contributed by atoms with Crippen LogP contribution in [0.3, 0.4) is 0 Å². The maximum absolute atomic E-state index is 5.60. The van der Waals surface area contributed by atoms with Crippen LogP contribution in [0.2, 0.25) is 0 Å². The predicted molar refractivity (Wildman–Crippen MR) is 92.4 cm³/mol. The average Bonchev–Trinajstić information content (AvgIpc) is 2.95. The van der Waals surface area contributed by atoms with Crippen LogP contribution in [0.1, 0.15) is 37.9 Å². The fourth-order valence-corrected chi connectivity index (χ4v) is 3.82. The maximum Gasteiger partial charge on any atom is 0.0979 e. The molecule has 1 fully saturated rings. The molecular weight excluding hydrogens is 286 g/mol. The lowest BCUT2D eigenvalue weighted by molar-refractivity contribution is 0.110. The van der Waals surface area contributed by atoms with Crippen molar-refractivity contribution in [2.45, 2.75) is 45.8 Å². The highest BCUT2D eigenvalue weighted by molar-refractivity contribution is 5.68. The molecule has 0 amide bonds. The van der Waals surface area contributed by atoms with Gasteiger partial charge in [0.25, 0.3) is 0 Å². The number of anilines is 1. The molecule has 1 aliphatic heterocycles. The molecule has 23 heavy (non-hydrogen) atoms. The first-order valence-electron chi connectivity index (χ1n) is 8.73. The molecule has 1 aromatic carbocycles. The summed E-state index contributed by atoms with van der Waals surface area (Å²) in [7, 11) is 0. The molecule has 0 spiro atoms. The van der Waals surface area contributed by atoms with Gasteiger partial charge in [-0.1, -0.05) is 26.0 Å². The minimum absolute atomic E-state index is 0.613. The van der Waals surface area contributed by atoms with Gasteiger partial charge in [-0.25, -0.2) is 0 Å². The molecule has 1 aromatic heterocycles.